The van der Waals surface area contributed by atoms with Crippen molar-refractivity contribution >= 4 is 11.6 Å². The Bertz CT molecular complexity index is 769. The number of pyridine rings is 1. The van der Waals surface area contributed by atoms with Crippen molar-refractivity contribution in [2.45, 2.75) is 19.1 Å². The molecule has 2 atom stereocenters. The Kier molecular flexibility index (Phi) is 4.37. The quantitative estimate of drug-likeness (QED) is 0.648. The fourth-order valence-corrected chi connectivity index (χ4v) is 2.26. The molecule has 124 valence electrons. The molecular formula is C16H14FN3O4. The van der Waals surface area contributed by atoms with Crippen molar-refractivity contribution in [1.29, 1.82) is 0 Å². The molecule has 1 aliphatic rings. The molecule has 24 heavy (non-hydrogen) atoms. The first kappa shape index (κ1) is 15.9. The van der Waals surface area contributed by atoms with Crippen molar-refractivity contribution in [3.05, 3.63) is 64.2 Å². The SMILES string of the molecule is O=C(Nc1ccc(OCc2ccccn2)c(F)c1)C1CC1[N+](=O)[O-]. The van der Waals surface area contributed by atoms with Crippen molar-refractivity contribution in [1.82, 2.24) is 4.98 Å². The zero-order chi connectivity index (χ0) is 17.1. The molecule has 2 unspecified atom stereocenters. The number of ether oxygens (including phenoxy) is 1. The van der Waals surface area contributed by atoms with E-state index in [9.17, 15) is 19.3 Å². The summed E-state index contributed by atoms with van der Waals surface area (Å²) in [4.78, 5) is 26.0. The van der Waals surface area contributed by atoms with Crippen molar-refractivity contribution in [2.24, 2.45) is 5.92 Å². The maximum Gasteiger partial charge on any atom is 0.234 e. The number of rotatable bonds is 6. The summed E-state index contributed by atoms with van der Waals surface area (Å²) in [7, 11) is 0. The molecule has 2 aromatic rings. The van der Waals surface area contributed by atoms with Crippen LogP contribution in [0.5, 0.6) is 5.75 Å². The maximum atomic E-state index is 14.0. The van der Waals surface area contributed by atoms with Crippen molar-refractivity contribution in [3.8, 4) is 5.75 Å². The lowest BCUT2D eigenvalue weighted by molar-refractivity contribution is -0.497. The van der Waals surface area contributed by atoms with Gasteiger partial charge in [-0.3, -0.25) is 19.9 Å². The van der Waals surface area contributed by atoms with Crippen LogP contribution in [0.15, 0.2) is 42.6 Å². The minimum atomic E-state index is -0.837. The van der Waals surface area contributed by atoms with Crippen LogP contribution < -0.4 is 10.1 Å². The molecule has 3 rings (SSSR count). The van der Waals surface area contributed by atoms with Gasteiger partial charge in [-0.1, -0.05) is 6.07 Å². The number of carbonyl (C=O) groups is 1. The van der Waals surface area contributed by atoms with Gasteiger partial charge in [0.1, 0.15) is 12.5 Å². The Hall–Kier alpha value is -3.03. The molecule has 0 saturated heterocycles. The number of benzene rings is 1. The van der Waals surface area contributed by atoms with Crippen molar-refractivity contribution in [2.75, 3.05) is 5.32 Å². The lowest BCUT2D eigenvalue weighted by Gasteiger charge is -2.09. The molecule has 1 aromatic carbocycles. The van der Waals surface area contributed by atoms with Crippen LogP contribution in [0.3, 0.4) is 0 Å². The Morgan fingerprint density at radius 1 is 1.42 bits per heavy atom. The molecule has 1 fully saturated rings. The largest absolute Gasteiger partial charge is 0.484 e. The summed E-state index contributed by atoms with van der Waals surface area (Å²) in [5.74, 6) is -1.72. The van der Waals surface area contributed by atoms with E-state index in [1.807, 2.05) is 0 Å². The third-order valence-corrected chi connectivity index (χ3v) is 3.67. The Morgan fingerprint density at radius 2 is 2.25 bits per heavy atom. The van der Waals surface area contributed by atoms with Gasteiger partial charge in [0.25, 0.3) is 0 Å². The molecule has 1 aliphatic carbocycles. The topological polar surface area (TPSA) is 94.4 Å². The highest BCUT2D eigenvalue weighted by Gasteiger charge is 2.53. The first-order valence-electron chi connectivity index (χ1n) is 7.31. The summed E-state index contributed by atoms with van der Waals surface area (Å²) in [5.41, 5.74) is 0.894. The number of nitrogens with one attached hydrogen (secondary N) is 1. The van der Waals surface area contributed by atoms with Crippen molar-refractivity contribution < 1.29 is 18.8 Å². The van der Waals surface area contributed by atoms with Gasteiger partial charge in [-0.15, -0.1) is 0 Å². The van der Waals surface area contributed by atoms with Crippen LogP contribution in [0.1, 0.15) is 12.1 Å². The van der Waals surface area contributed by atoms with Crippen LogP contribution in [0.2, 0.25) is 0 Å². The van der Waals surface area contributed by atoms with Gasteiger partial charge >= 0.3 is 0 Å². The second kappa shape index (κ2) is 6.61. The molecule has 0 bridgehead atoms. The van der Waals surface area contributed by atoms with Crippen LogP contribution in [-0.4, -0.2) is 21.9 Å². The fraction of sp³-hybridized carbons (Fsp3) is 0.250. The third-order valence-electron chi connectivity index (χ3n) is 3.67. The second-order valence-corrected chi connectivity index (χ2v) is 5.44. The summed E-state index contributed by atoms with van der Waals surface area (Å²) in [6.07, 6.45) is 1.83. The van der Waals surface area contributed by atoms with Crippen LogP contribution in [-0.2, 0) is 11.4 Å². The summed E-state index contributed by atoms with van der Waals surface area (Å²) in [5, 5.41) is 13.0. The molecule has 1 amide bonds. The van der Waals surface area contributed by atoms with Crippen LogP contribution in [0.4, 0.5) is 10.1 Å². The number of hydrogen-bond acceptors (Lipinski definition) is 5. The predicted molar refractivity (Wildman–Crippen MR) is 82.5 cm³/mol. The molecule has 0 radical (unpaired) electrons. The highest BCUT2D eigenvalue weighted by molar-refractivity contribution is 5.94. The number of nitrogens with zero attached hydrogens (tertiary/aromatic N) is 2. The van der Waals surface area contributed by atoms with Gasteiger partial charge in [-0.25, -0.2) is 4.39 Å². The molecule has 0 aliphatic heterocycles. The van der Waals surface area contributed by atoms with Gasteiger partial charge in [0.15, 0.2) is 11.6 Å². The van der Waals surface area contributed by atoms with Crippen LogP contribution >= 0.6 is 0 Å². The normalized spacial score (nSPS) is 18.7. The highest BCUT2D eigenvalue weighted by atomic mass is 19.1. The number of nitro groups is 1. The van der Waals surface area contributed by atoms with Gasteiger partial charge in [-0.05, 0) is 24.3 Å². The average Bonchev–Trinajstić information content (AvgIpc) is 3.36. The average molecular weight is 331 g/mol. The van der Waals surface area contributed by atoms with E-state index in [0.717, 1.165) is 6.07 Å². The van der Waals surface area contributed by atoms with Gasteiger partial charge in [0, 0.05) is 29.3 Å². The standard InChI is InChI=1S/C16H14FN3O4/c17-13-7-10(19-16(21)12-8-14(12)20(22)23)4-5-15(13)24-9-11-3-1-2-6-18-11/h1-7,12,14H,8-9H2,(H,19,21). The Balaban J connectivity index is 1.58. The zero-order valence-corrected chi connectivity index (χ0v) is 12.5. The maximum absolute atomic E-state index is 14.0. The van der Waals surface area contributed by atoms with Gasteiger partial charge in [0.2, 0.25) is 11.9 Å². The van der Waals surface area contributed by atoms with E-state index in [-0.39, 0.29) is 24.5 Å². The summed E-state index contributed by atoms with van der Waals surface area (Å²) >= 11 is 0. The van der Waals surface area contributed by atoms with Crippen LogP contribution in [0, 0.1) is 21.8 Å². The van der Waals surface area contributed by atoms with E-state index in [1.54, 1.807) is 24.4 Å². The number of carbonyl (C=O) groups excluding carboxylic acids is 1. The van der Waals surface area contributed by atoms with E-state index in [1.165, 1.54) is 12.1 Å². The Labute approximate surface area is 136 Å². The van der Waals surface area contributed by atoms with E-state index < -0.39 is 28.6 Å². The molecule has 1 heterocycles. The zero-order valence-electron chi connectivity index (χ0n) is 12.5. The minimum absolute atomic E-state index is 0.0354. The molecule has 8 heteroatoms. The number of amides is 1. The number of hydrogen-bond donors (Lipinski definition) is 1. The summed E-state index contributed by atoms with van der Waals surface area (Å²) < 4.78 is 19.4. The van der Waals surface area contributed by atoms with E-state index >= 15 is 0 Å². The lowest BCUT2D eigenvalue weighted by atomic mass is 10.2. The van der Waals surface area contributed by atoms with Crippen molar-refractivity contribution in [3.63, 3.8) is 0 Å². The van der Waals surface area contributed by atoms with E-state index in [2.05, 4.69) is 10.3 Å². The Morgan fingerprint density at radius 3 is 2.88 bits per heavy atom. The number of halogens is 1. The molecule has 0 spiro atoms. The second-order valence-electron chi connectivity index (χ2n) is 5.44. The molecule has 1 N–H and O–H groups in total. The molecule has 7 nitrogen and oxygen atoms in total. The van der Waals surface area contributed by atoms with E-state index in [0.29, 0.717) is 5.69 Å². The summed E-state index contributed by atoms with van der Waals surface area (Å²) in [6.45, 7) is 0.121. The third kappa shape index (κ3) is 3.65. The molecule has 1 saturated carbocycles. The lowest BCUT2D eigenvalue weighted by Crippen LogP contribution is -2.18. The first-order chi connectivity index (χ1) is 11.5. The number of aromatic nitrogens is 1. The first-order valence-corrected chi connectivity index (χ1v) is 7.31. The van der Waals surface area contributed by atoms with Gasteiger partial charge in [0.05, 0.1) is 5.69 Å². The summed E-state index contributed by atoms with van der Waals surface area (Å²) in [6, 6.07) is 8.49. The highest BCUT2D eigenvalue weighted by Crippen LogP contribution is 2.34. The van der Waals surface area contributed by atoms with Crippen LogP contribution in [0.25, 0.3) is 0 Å². The smallest absolute Gasteiger partial charge is 0.234 e. The minimum Gasteiger partial charge on any atom is -0.484 e. The van der Waals surface area contributed by atoms with E-state index in [4.69, 9.17) is 4.74 Å². The number of anilines is 1. The van der Waals surface area contributed by atoms with Gasteiger partial charge in [-0.2, -0.15) is 0 Å². The molecular weight excluding hydrogens is 317 g/mol. The monoisotopic (exact) mass is 331 g/mol. The van der Waals surface area contributed by atoms with Gasteiger partial charge < -0.3 is 10.1 Å². The fourth-order valence-electron chi connectivity index (χ4n) is 2.26. The predicted octanol–water partition coefficient (Wildman–Crippen LogP) is 2.40. The molecule has 1 aromatic heterocycles.